The van der Waals surface area contributed by atoms with Gasteiger partial charge in [0, 0.05) is 12.0 Å². The van der Waals surface area contributed by atoms with Crippen LogP contribution in [0.1, 0.15) is 27.6 Å². The van der Waals surface area contributed by atoms with Crippen LogP contribution in [0.15, 0.2) is 30.3 Å². The van der Waals surface area contributed by atoms with Crippen LogP contribution in [0.3, 0.4) is 0 Å². The Hall–Kier alpha value is -1.61. The zero-order chi connectivity index (χ0) is 11.7. The Kier molecular flexibility index (Phi) is 2.69. The second-order valence-electron chi connectivity index (χ2n) is 4.17. The maximum absolute atomic E-state index is 9.74. The zero-order valence-electron chi connectivity index (χ0n) is 9.39. The molecule has 1 heterocycles. The number of thiazole rings is 1. The maximum atomic E-state index is 9.74. The molecule has 0 spiro atoms. The first-order valence-corrected chi connectivity index (χ1v) is 6.56. The molecular formula is C14H13NOS. The fourth-order valence-electron chi connectivity index (χ4n) is 2.03. The summed E-state index contributed by atoms with van der Waals surface area (Å²) in [6.07, 6.45) is 7.21. The van der Waals surface area contributed by atoms with Crippen molar-refractivity contribution in [2.45, 2.75) is 19.3 Å². The second kappa shape index (κ2) is 4.34. The van der Waals surface area contributed by atoms with E-state index in [1.807, 2.05) is 18.2 Å². The lowest BCUT2D eigenvalue weighted by atomic mass is 10.1. The average molecular weight is 243 g/mol. The minimum atomic E-state index is 0.358. The van der Waals surface area contributed by atoms with Crippen molar-refractivity contribution in [2.75, 3.05) is 0 Å². The number of rotatable bonds is 2. The van der Waals surface area contributed by atoms with E-state index < -0.39 is 0 Å². The van der Waals surface area contributed by atoms with Gasteiger partial charge in [-0.1, -0.05) is 24.3 Å². The lowest BCUT2D eigenvalue weighted by Crippen LogP contribution is -1.92. The zero-order valence-corrected chi connectivity index (χ0v) is 10.2. The first-order valence-electron chi connectivity index (χ1n) is 5.75. The van der Waals surface area contributed by atoms with Crippen molar-refractivity contribution >= 4 is 17.4 Å². The van der Waals surface area contributed by atoms with Crippen LogP contribution in [0.25, 0.3) is 6.08 Å². The predicted octanol–water partition coefficient (Wildman–Crippen LogP) is 3.40. The van der Waals surface area contributed by atoms with Crippen LogP contribution in [0.2, 0.25) is 0 Å². The Morgan fingerprint density at radius 1 is 1.29 bits per heavy atom. The molecule has 0 saturated carbocycles. The largest absolute Gasteiger partial charge is 0.508 e. The van der Waals surface area contributed by atoms with E-state index in [-0.39, 0.29) is 0 Å². The molecule has 86 valence electrons. The van der Waals surface area contributed by atoms with Crippen LogP contribution in [0.4, 0.5) is 0 Å². The van der Waals surface area contributed by atoms with Gasteiger partial charge in [-0.25, -0.2) is 4.98 Å². The number of aromatic hydroxyl groups is 1. The third-order valence-electron chi connectivity index (χ3n) is 2.92. The van der Waals surface area contributed by atoms with Gasteiger partial charge in [-0.3, -0.25) is 0 Å². The van der Waals surface area contributed by atoms with Crippen LogP contribution in [-0.2, 0) is 12.8 Å². The number of phenols is 1. The van der Waals surface area contributed by atoms with Crippen LogP contribution in [-0.4, -0.2) is 10.1 Å². The first-order chi connectivity index (χ1) is 8.33. The third kappa shape index (κ3) is 2.11. The van der Waals surface area contributed by atoms with Crippen molar-refractivity contribution in [3.05, 3.63) is 51.5 Å². The number of para-hydroxylation sites is 1. The molecule has 0 amide bonds. The highest BCUT2D eigenvalue weighted by Crippen LogP contribution is 2.28. The van der Waals surface area contributed by atoms with Crippen LogP contribution >= 0.6 is 11.3 Å². The highest BCUT2D eigenvalue weighted by atomic mass is 32.1. The van der Waals surface area contributed by atoms with Gasteiger partial charge < -0.3 is 5.11 Å². The number of hydrogen-bond donors (Lipinski definition) is 1. The van der Waals surface area contributed by atoms with Crippen molar-refractivity contribution < 1.29 is 5.11 Å². The summed E-state index contributed by atoms with van der Waals surface area (Å²) in [5.41, 5.74) is 2.16. The predicted molar refractivity (Wildman–Crippen MR) is 70.4 cm³/mol. The topological polar surface area (TPSA) is 33.1 Å². The molecule has 3 rings (SSSR count). The number of fused-ring (bicyclic) bond motifs is 1. The maximum Gasteiger partial charge on any atom is 0.119 e. The van der Waals surface area contributed by atoms with Crippen molar-refractivity contribution in [3.8, 4) is 5.75 Å². The van der Waals surface area contributed by atoms with Gasteiger partial charge in [0.25, 0.3) is 0 Å². The van der Waals surface area contributed by atoms with Crippen molar-refractivity contribution in [2.24, 2.45) is 0 Å². The molecule has 1 aromatic heterocycles. The molecule has 0 bridgehead atoms. The van der Waals surface area contributed by atoms with E-state index in [1.165, 1.54) is 10.6 Å². The molecule has 0 saturated heterocycles. The molecule has 1 aliphatic rings. The van der Waals surface area contributed by atoms with Gasteiger partial charge in [-0.05, 0) is 25.0 Å². The number of hydrogen-bond acceptors (Lipinski definition) is 3. The first kappa shape index (κ1) is 10.5. The van der Waals surface area contributed by atoms with Crippen molar-refractivity contribution in [1.29, 1.82) is 0 Å². The van der Waals surface area contributed by atoms with Gasteiger partial charge in [0.05, 0.1) is 15.6 Å². The quantitative estimate of drug-likeness (QED) is 0.877. The highest BCUT2D eigenvalue weighted by Gasteiger charge is 2.12. The third-order valence-corrected chi connectivity index (χ3v) is 3.99. The summed E-state index contributed by atoms with van der Waals surface area (Å²) in [7, 11) is 0. The summed E-state index contributed by atoms with van der Waals surface area (Å²) in [4.78, 5) is 5.92. The monoisotopic (exact) mass is 243 g/mol. The summed E-state index contributed by atoms with van der Waals surface area (Å²) in [5.74, 6) is 0.358. The average Bonchev–Trinajstić information content (AvgIpc) is 2.74. The summed E-state index contributed by atoms with van der Waals surface area (Å²) in [6.45, 7) is 0. The molecule has 1 N–H and O–H groups in total. The molecule has 0 radical (unpaired) electrons. The second-order valence-corrected chi connectivity index (χ2v) is 5.28. The van der Waals surface area contributed by atoms with E-state index in [9.17, 15) is 5.11 Å². The molecule has 0 fully saturated rings. The molecule has 0 unspecified atom stereocenters. The minimum Gasteiger partial charge on any atom is -0.508 e. The summed E-state index contributed by atoms with van der Waals surface area (Å²) >= 11 is 1.73. The fourth-order valence-corrected chi connectivity index (χ4v) is 3.10. The van der Waals surface area contributed by atoms with Gasteiger partial charge in [0.2, 0.25) is 0 Å². The lowest BCUT2D eigenvalue weighted by molar-refractivity contribution is 0.469. The summed E-state index contributed by atoms with van der Waals surface area (Å²) < 4.78 is 0. The molecule has 2 aromatic rings. The molecule has 3 heteroatoms. The number of nitrogens with zero attached hydrogens (tertiary/aromatic N) is 1. The summed E-state index contributed by atoms with van der Waals surface area (Å²) in [5, 5.41) is 10.8. The Bertz CT molecular complexity index is 571. The SMILES string of the molecule is Oc1ccccc1Cc1nc2c(s1)C=CCC2. The number of allylic oxidation sites excluding steroid dienone is 1. The van der Waals surface area contributed by atoms with Gasteiger partial charge >= 0.3 is 0 Å². The van der Waals surface area contributed by atoms with Gasteiger partial charge in [-0.15, -0.1) is 11.3 Å². The van der Waals surface area contributed by atoms with E-state index in [0.717, 1.165) is 29.8 Å². The Labute approximate surface area is 104 Å². The van der Waals surface area contributed by atoms with E-state index in [4.69, 9.17) is 0 Å². The number of benzene rings is 1. The van der Waals surface area contributed by atoms with E-state index >= 15 is 0 Å². The molecule has 17 heavy (non-hydrogen) atoms. The highest BCUT2D eigenvalue weighted by molar-refractivity contribution is 7.12. The van der Waals surface area contributed by atoms with Crippen LogP contribution in [0.5, 0.6) is 5.75 Å². The summed E-state index contributed by atoms with van der Waals surface area (Å²) in [6, 6.07) is 7.46. The van der Waals surface area contributed by atoms with E-state index in [1.54, 1.807) is 17.4 Å². The Morgan fingerprint density at radius 3 is 3.00 bits per heavy atom. The molecule has 0 aliphatic heterocycles. The standard InChI is InChI=1S/C14H13NOS/c16-12-7-3-1-5-10(12)9-14-15-11-6-2-4-8-13(11)17-14/h1,3-5,7-8,16H,2,6,9H2. The van der Waals surface area contributed by atoms with Gasteiger partial charge in [0.1, 0.15) is 5.75 Å². The van der Waals surface area contributed by atoms with E-state index in [2.05, 4.69) is 17.1 Å². The van der Waals surface area contributed by atoms with Gasteiger partial charge in [-0.2, -0.15) is 0 Å². The number of aromatic nitrogens is 1. The Morgan fingerprint density at radius 2 is 2.18 bits per heavy atom. The smallest absolute Gasteiger partial charge is 0.119 e. The van der Waals surface area contributed by atoms with Crippen molar-refractivity contribution in [1.82, 2.24) is 4.98 Å². The molecular weight excluding hydrogens is 230 g/mol. The van der Waals surface area contributed by atoms with Crippen molar-refractivity contribution in [3.63, 3.8) is 0 Å². The number of phenolic OH excluding ortho intramolecular Hbond substituents is 1. The molecule has 1 aromatic carbocycles. The van der Waals surface area contributed by atoms with Gasteiger partial charge in [0.15, 0.2) is 0 Å². The molecule has 1 aliphatic carbocycles. The minimum absolute atomic E-state index is 0.358. The Balaban J connectivity index is 1.89. The number of aryl methyl sites for hydroxylation is 1. The fraction of sp³-hybridized carbons (Fsp3) is 0.214. The normalized spacial score (nSPS) is 13.6. The molecule has 0 atom stereocenters. The molecule has 2 nitrogen and oxygen atoms in total. The lowest BCUT2D eigenvalue weighted by Gasteiger charge is -2.00. The van der Waals surface area contributed by atoms with Crippen LogP contribution < -0.4 is 0 Å². The van der Waals surface area contributed by atoms with E-state index in [0.29, 0.717) is 5.75 Å². The van der Waals surface area contributed by atoms with Crippen LogP contribution in [0, 0.1) is 0 Å².